The van der Waals surface area contributed by atoms with E-state index in [1.54, 1.807) is 6.92 Å². The fraction of sp³-hybridized carbons (Fsp3) is 0.455. The van der Waals surface area contributed by atoms with Crippen LogP contribution in [0.15, 0.2) is 5.38 Å². The lowest BCUT2D eigenvalue weighted by molar-refractivity contribution is 0.597. The Kier molecular flexibility index (Phi) is 4.61. The summed E-state index contributed by atoms with van der Waals surface area (Å²) in [6, 6.07) is 0. The minimum absolute atomic E-state index is 0.0941. The highest BCUT2D eigenvalue weighted by atomic mass is 32.2. The molecule has 2 rings (SSSR count). The van der Waals surface area contributed by atoms with Crippen LogP contribution in [0.25, 0.3) is 11.3 Å². The summed E-state index contributed by atoms with van der Waals surface area (Å²) in [6.45, 7) is 3.91. The Hall–Kier alpha value is -1.19. The fourth-order valence-corrected chi connectivity index (χ4v) is 3.67. The minimum atomic E-state index is -2.98. The third-order valence-corrected chi connectivity index (χ3v) is 6.03. The van der Waals surface area contributed by atoms with Crippen LogP contribution >= 0.6 is 22.9 Å². The van der Waals surface area contributed by atoms with Crippen LogP contribution in [0.1, 0.15) is 11.9 Å². The quantitative estimate of drug-likeness (QED) is 0.839. The number of hydrogen-bond acceptors (Lipinski definition) is 8. The van der Waals surface area contributed by atoms with E-state index in [-0.39, 0.29) is 11.5 Å². The normalized spacial score (nSPS) is 11.7. The van der Waals surface area contributed by atoms with Gasteiger partial charge in [-0.15, -0.1) is 11.3 Å². The average Bonchev–Trinajstić information content (AvgIpc) is 2.96. The van der Waals surface area contributed by atoms with Crippen molar-refractivity contribution in [1.82, 2.24) is 9.36 Å². The summed E-state index contributed by atoms with van der Waals surface area (Å²) in [5.74, 6) is 0.662. The highest BCUT2D eigenvalue weighted by molar-refractivity contribution is 7.91. The van der Waals surface area contributed by atoms with E-state index in [2.05, 4.69) is 14.7 Å². The molecule has 0 saturated heterocycles. The zero-order chi connectivity index (χ0) is 14.8. The summed E-state index contributed by atoms with van der Waals surface area (Å²) in [4.78, 5) is 4.39. The summed E-state index contributed by atoms with van der Waals surface area (Å²) in [6.07, 6.45) is 0. The second-order valence-electron chi connectivity index (χ2n) is 4.19. The first-order valence-corrected chi connectivity index (χ1v) is 9.52. The maximum absolute atomic E-state index is 11.5. The van der Waals surface area contributed by atoms with Gasteiger partial charge in [0.15, 0.2) is 9.84 Å². The molecule has 0 spiro atoms. The average molecular weight is 332 g/mol. The molecular weight excluding hydrogens is 316 g/mol. The van der Waals surface area contributed by atoms with Crippen LogP contribution in [0.4, 0.5) is 10.8 Å². The zero-order valence-electron chi connectivity index (χ0n) is 11.2. The Bertz CT molecular complexity index is 690. The molecule has 2 aromatic heterocycles. The Labute approximate surface area is 126 Å². The highest BCUT2D eigenvalue weighted by Crippen LogP contribution is 2.36. The summed E-state index contributed by atoms with van der Waals surface area (Å²) < 4.78 is 27.0. The molecule has 0 amide bonds. The Morgan fingerprint density at radius 1 is 1.45 bits per heavy atom. The number of rotatable bonds is 6. The van der Waals surface area contributed by atoms with E-state index >= 15 is 0 Å². The first kappa shape index (κ1) is 15.2. The molecule has 0 aromatic carbocycles. The van der Waals surface area contributed by atoms with Gasteiger partial charge in [-0.05, 0) is 18.5 Å². The van der Waals surface area contributed by atoms with Crippen LogP contribution in [0.5, 0.6) is 0 Å². The number of nitrogens with one attached hydrogen (secondary N) is 1. The predicted molar refractivity (Wildman–Crippen MR) is 85.2 cm³/mol. The van der Waals surface area contributed by atoms with Gasteiger partial charge in [0, 0.05) is 17.7 Å². The first-order chi connectivity index (χ1) is 9.43. The molecule has 2 heterocycles. The van der Waals surface area contributed by atoms with Crippen molar-refractivity contribution >= 4 is 43.5 Å². The number of anilines is 2. The maximum atomic E-state index is 11.5. The Morgan fingerprint density at radius 2 is 2.20 bits per heavy atom. The van der Waals surface area contributed by atoms with Crippen molar-refractivity contribution in [1.29, 1.82) is 0 Å². The molecule has 0 fully saturated rings. The van der Waals surface area contributed by atoms with Crippen LogP contribution in [-0.2, 0) is 9.84 Å². The monoisotopic (exact) mass is 332 g/mol. The third-order valence-electron chi connectivity index (χ3n) is 2.73. The number of aryl methyl sites for hydroxylation is 1. The molecule has 0 unspecified atom stereocenters. The van der Waals surface area contributed by atoms with Crippen molar-refractivity contribution in [3.05, 3.63) is 10.4 Å². The van der Waals surface area contributed by atoms with Gasteiger partial charge in [-0.2, -0.15) is 4.37 Å². The number of hydrogen-bond donors (Lipinski definition) is 2. The number of sulfone groups is 1. The maximum Gasteiger partial charge on any atom is 0.151 e. The van der Waals surface area contributed by atoms with E-state index in [4.69, 9.17) is 5.73 Å². The van der Waals surface area contributed by atoms with Gasteiger partial charge in [0.25, 0.3) is 0 Å². The van der Waals surface area contributed by atoms with Gasteiger partial charge in [-0.25, -0.2) is 13.4 Å². The van der Waals surface area contributed by atoms with E-state index in [0.717, 1.165) is 21.3 Å². The van der Waals surface area contributed by atoms with E-state index in [1.165, 1.54) is 22.9 Å². The number of nitrogens with two attached hydrogens (primary N) is 1. The Balaban J connectivity index is 2.14. The molecule has 0 radical (unpaired) electrons. The number of aromatic nitrogens is 2. The summed E-state index contributed by atoms with van der Waals surface area (Å²) in [5, 5.41) is 6.73. The second-order valence-corrected chi connectivity index (χ2v) is 8.50. The minimum Gasteiger partial charge on any atom is -0.382 e. The van der Waals surface area contributed by atoms with Gasteiger partial charge in [0.1, 0.15) is 10.8 Å². The molecule has 6 nitrogen and oxygen atoms in total. The first-order valence-electron chi connectivity index (χ1n) is 6.05. The highest BCUT2D eigenvalue weighted by Gasteiger charge is 2.16. The van der Waals surface area contributed by atoms with Crippen molar-refractivity contribution in [3.63, 3.8) is 0 Å². The second kappa shape index (κ2) is 6.06. The Morgan fingerprint density at radius 3 is 2.80 bits per heavy atom. The fourth-order valence-electron chi connectivity index (χ4n) is 1.61. The van der Waals surface area contributed by atoms with Crippen LogP contribution in [0.3, 0.4) is 0 Å². The van der Waals surface area contributed by atoms with Crippen molar-refractivity contribution in [2.24, 2.45) is 0 Å². The van der Waals surface area contributed by atoms with Crippen molar-refractivity contribution in [2.75, 3.05) is 29.1 Å². The smallest absolute Gasteiger partial charge is 0.151 e. The van der Waals surface area contributed by atoms with Crippen molar-refractivity contribution in [3.8, 4) is 11.3 Å². The van der Waals surface area contributed by atoms with Gasteiger partial charge in [-0.3, -0.25) is 0 Å². The molecule has 110 valence electrons. The largest absolute Gasteiger partial charge is 0.382 e. The van der Waals surface area contributed by atoms with Gasteiger partial charge >= 0.3 is 0 Å². The lowest BCUT2D eigenvalue weighted by Crippen LogP contribution is -2.17. The molecule has 0 aliphatic rings. The third kappa shape index (κ3) is 3.47. The number of nitrogens with zero attached hydrogens (tertiary/aromatic N) is 2. The van der Waals surface area contributed by atoms with Crippen molar-refractivity contribution < 1.29 is 8.42 Å². The zero-order valence-corrected chi connectivity index (χ0v) is 13.7. The molecule has 2 aromatic rings. The van der Waals surface area contributed by atoms with E-state index in [0.29, 0.717) is 12.4 Å². The molecule has 0 aliphatic heterocycles. The lowest BCUT2D eigenvalue weighted by atomic mass is 10.2. The lowest BCUT2D eigenvalue weighted by Gasteiger charge is -2.05. The van der Waals surface area contributed by atoms with Crippen molar-refractivity contribution in [2.45, 2.75) is 13.8 Å². The molecule has 0 bridgehead atoms. The molecular formula is C11H16N4O2S3. The summed E-state index contributed by atoms with van der Waals surface area (Å²) >= 11 is 2.76. The molecule has 0 aliphatic carbocycles. The number of thiazole rings is 1. The van der Waals surface area contributed by atoms with Crippen LogP contribution in [-0.4, -0.2) is 35.8 Å². The van der Waals surface area contributed by atoms with Gasteiger partial charge in [0.2, 0.25) is 0 Å². The summed E-state index contributed by atoms with van der Waals surface area (Å²) in [7, 11) is -2.98. The molecule has 20 heavy (non-hydrogen) atoms. The molecule has 9 heteroatoms. The molecule has 0 saturated carbocycles. The van der Waals surface area contributed by atoms with Crippen LogP contribution < -0.4 is 11.1 Å². The van der Waals surface area contributed by atoms with E-state index in [9.17, 15) is 8.42 Å². The SMILES string of the molecule is CCS(=O)(=O)CCNc1snc(N)c1-c1csc(C)n1. The molecule has 0 atom stereocenters. The topological polar surface area (TPSA) is 98.0 Å². The number of nitrogen functional groups attached to an aromatic ring is 1. The van der Waals surface area contributed by atoms with Crippen LogP contribution in [0, 0.1) is 6.92 Å². The standard InChI is InChI=1S/C11H16N4O2S3/c1-3-20(16,17)5-4-13-11-9(10(12)15-19-11)8-6-18-7(2)14-8/h6,13H,3-5H2,1-2H3,(H2,12,15). The van der Waals surface area contributed by atoms with Gasteiger partial charge in [0.05, 0.1) is 22.0 Å². The summed E-state index contributed by atoms with van der Waals surface area (Å²) in [5.41, 5.74) is 7.41. The van der Waals surface area contributed by atoms with Crippen LogP contribution in [0.2, 0.25) is 0 Å². The van der Waals surface area contributed by atoms with E-state index < -0.39 is 9.84 Å². The van der Waals surface area contributed by atoms with Gasteiger partial charge in [-0.1, -0.05) is 6.92 Å². The predicted octanol–water partition coefficient (Wildman–Crippen LogP) is 2.00. The van der Waals surface area contributed by atoms with Gasteiger partial charge < -0.3 is 11.1 Å². The van der Waals surface area contributed by atoms with E-state index in [1.807, 2.05) is 12.3 Å². The molecule has 3 N–H and O–H groups in total.